The third kappa shape index (κ3) is 4.87. The average molecular weight is 523 g/mol. The maximum Gasteiger partial charge on any atom is 0.285 e. The van der Waals surface area contributed by atoms with Gasteiger partial charge in [0.1, 0.15) is 5.69 Å². The highest BCUT2D eigenvalue weighted by Crippen LogP contribution is 2.37. The second-order valence-corrected chi connectivity index (χ2v) is 10.1. The van der Waals surface area contributed by atoms with Crippen molar-refractivity contribution in [3.8, 4) is 17.0 Å². The molecule has 1 aromatic carbocycles. The number of amides is 1. The molecule has 0 bridgehead atoms. The number of benzene rings is 1. The molecule has 0 unspecified atom stereocenters. The predicted molar refractivity (Wildman–Crippen MR) is 133 cm³/mol. The lowest BCUT2D eigenvalue weighted by molar-refractivity contribution is -0.0141. The summed E-state index contributed by atoms with van der Waals surface area (Å²) in [5.74, 6) is -1.08. The molecule has 0 spiro atoms. The summed E-state index contributed by atoms with van der Waals surface area (Å²) in [6.07, 6.45) is 1.76. The molecule has 3 aromatic heterocycles. The summed E-state index contributed by atoms with van der Waals surface area (Å²) in [5.41, 5.74) is 0.0345. The molecule has 190 valence electrons. The van der Waals surface area contributed by atoms with Gasteiger partial charge >= 0.3 is 0 Å². The molecule has 11 heteroatoms. The van der Waals surface area contributed by atoms with Crippen LogP contribution >= 0.6 is 0 Å². The Labute approximate surface area is 212 Å². The summed E-state index contributed by atoms with van der Waals surface area (Å²) in [6.45, 7) is 0.386. The third-order valence-corrected chi connectivity index (χ3v) is 7.43. The number of alkyl halides is 1. The van der Waals surface area contributed by atoms with Crippen LogP contribution < -0.4 is 9.46 Å². The second-order valence-electron chi connectivity index (χ2n) is 8.50. The molecular formula is C26H23FN4O5S. The van der Waals surface area contributed by atoms with Gasteiger partial charge in [0.05, 0.1) is 37.2 Å². The fourth-order valence-corrected chi connectivity index (χ4v) is 5.31. The number of pyridine rings is 3. The zero-order valence-corrected chi connectivity index (χ0v) is 20.7. The van der Waals surface area contributed by atoms with Gasteiger partial charge in [-0.15, -0.1) is 0 Å². The summed E-state index contributed by atoms with van der Waals surface area (Å²) in [6, 6.07) is 16.7. The molecule has 0 saturated carbocycles. The zero-order valence-electron chi connectivity index (χ0n) is 19.8. The Hall–Kier alpha value is -3.96. The van der Waals surface area contributed by atoms with Crippen molar-refractivity contribution < 1.29 is 27.1 Å². The molecule has 1 fully saturated rings. The number of hydrogen-bond donors (Lipinski definition) is 1. The fraction of sp³-hybridized carbons (Fsp3) is 0.231. The van der Waals surface area contributed by atoms with E-state index in [4.69, 9.17) is 9.47 Å². The Morgan fingerprint density at radius 2 is 1.84 bits per heavy atom. The predicted octanol–water partition coefficient (Wildman–Crippen LogP) is 3.79. The number of rotatable bonds is 6. The highest BCUT2D eigenvalue weighted by molar-refractivity contribution is 7.90. The maximum absolute atomic E-state index is 15.5. The Kier molecular flexibility index (Phi) is 6.57. The van der Waals surface area contributed by atoms with Crippen molar-refractivity contribution in [3.63, 3.8) is 0 Å². The van der Waals surface area contributed by atoms with E-state index in [9.17, 15) is 13.2 Å². The maximum atomic E-state index is 15.5. The van der Waals surface area contributed by atoms with Gasteiger partial charge in [0, 0.05) is 30.0 Å². The van der Waals surface area contributed by atoms with Crippen molar-refractivity contribution in [2.45, 2.75) is 23.5 Å². The highest BCUT2D eigenvalue weighted by Gasteiger charge is 2.37. The van der Waals surface area contributed by atoms with Crippen LogP contribution in [0, 0.1) is 0 Å². The van der Waals surface area contributed by atoms with E-state index in [1.165, 1.54) is 25.3 Å². The van der Waals surface area contributed by atoms with Gasteiger partial charge in [-0.05, 0) is 42.5 Å². The number of nitrogens with one attached hydrogen (secondary N) is 1. The van der Waals surface area contributed by atoms with E-state index in [0.717, 1.165) is 16.6 Å². The topological polar surface area (TPSA) is 120 Å². The molecule has 1 aliphatic heterocycles. The zero-order chi connectivity index (χ0) is 26.0. The van der Waals surface area contributed by atoms with Gasteiger partial charge in [-0.1, -0.05) is 18.2 Å². The SMILES string of the molecule is COc1ccc(C2(F)CCOCC2)nc1S(=O)(=O)NC(=O)c1ccc2c(-c3ccccn3)cccc2n1. The molecule has 0 radical (unpaired) electrons. The number of nitrogens with zero attached hydrogens (tertiary/aromatic N) is 3. The first-order valence-electron chi connectivity index (χ1n) is 11.5. The van der Waals surface area contributed by atoms with Crippen LogP contribution in [0.25, 0.3) is 22.2 Å². The van der Waals surface area contributed by atoms with E-state index in [0.29, 0.717) is 5.52 Å². The minimum Gasteiger partial charge on any atom is -0.494 e. The Balaban J connectivity index is 1.46. The molecule has 9 nitrogen and oxygen atoms in total. The molecule has 1 amide bonds. The second kappa shape index (κ2) is 9.83. The van der Waals surface area contributed by atoms with Gasteiger partial charge in [0.15, 0.2) is 11.4 Å². The number of carbonyl (C=O) groups excluding carboxylic acids is 1. The minimum atomic E-state index is -4.53. The van der Waals surface area contributed by atoms with Crippen molar-refractivity contribution >= 4 is 26.8 Å². The van der Waals surface area contributed by atoms with Crippen molar-refractivity contribution in [2.75, 3.05) is 20.3 Å². The molecule has 0 aliphatic carbocycles. The monoisotopic (exact) mass is 522 g/mol. The third-order valence-electron chi connectivity index (χ3n) is 6.18. The van der Waals surface area contributed by atoms with Crippen LogP contribution in [-0.2, 0) is 20.4 Å². The molecule has 37 heavy (non-hydrogen) atoms. The number of halogens is 1. The molecule has 4 heterocycles. The molecule has 1 saturated heterocycles. The van der Waals surface area contributed by atoms with Crippen LogP contribution in [0.15, 0.2) is 71.9 Å². The van der Waals surface area contributed by atoms with E-state index < -0.39 is 26.6 Å². The summed E-state index contributed by atoms with van der Waals surface area (Å²) in [7, 11) is -3.26. The van der Waals surface area contributed by atoms with E-state index >= 15 is 4.39 Å². The van der Waals surface area contributed by atoms with Crippen LogP contribution in [0.2, 0.25) is 0 Å². The van der Waals surface area contributed by atoms with Gasteiger partial charge in [-0.2, -0.15) is 8.42 Å². The van der Waals surface area contributed by atoms with E-state index in [1.54, 1.807) is 24.4 Å². The van der Waals surface area contributed by atoms with Gasteiger partial charge in [-0.3, -0.25) is 9.78 Å². The van der Waals surface area contributed by atoms with E-state index in [2.05, 4.69) is 15.0 Å². The van der Waals surface area contributed by atoms with Crippen LogP contribution in [0.1, 0.15) is 29.0 Å². The number of fused-ring (bicyclic) bond motifs is 1. The normalized spacial score (nSPS) is 15.3. The number of carbonyl (C=O) groups is 1. The van der Waals surface area contributed by atoms with Crippen molar-refractivity contribution in [1.29, 1.82) is 0 Å². The number of ether oxygens (including phenoxy) is 2. The number of hydrogen-bond acceptors (Lipinski definition) is 8. The van der Waals surface area contributed by atoms with E-state index in [1.807, 2.05) is 29.0 Å². The first-order valence-corrected chi connectivity index (χ1v) is 13.0. The van der Waals surface area contributed by atoms with Crippen LogP contribution in [0.4, 0.5) is 4.39 Å². The largest absolute Gasteiger partial charge is 0.494 e. The summed E-state index contributed by atoms with van der Waals surface area (Å²) < 4.78 is 54.2. The smallest absolute Gasteiger partial charge is 0.285 e. The Morgan fingerprint density at radius 1 is 1.03 bits per heavy atom. The number of methoxy groups -OCH3 is 1. The lowest BCUT2D eigenvalue weighted by Crippen LogP contribution is -2.34. The standard InChI is InChI=1S/C26H23FN4O5S/c1-35-22-10-11-23(26(27)12-15-36-16-13-26)30-25(22)37(33,34)31-24(32)21-9-8-18-17(5-4-7-20(18)29-21)19-6-2-3-14-28-19/h2-11,14H,12-13,15-16H2,1H3,(H,31,32). The quantitative estimate of drug-likeness (QED) is 0.406. The average Bonchev–Trinajstić information content (AvgIpc) is 2.92. The molecular weight excluding hydrogens is 499 g/mol. The van der Waals surface area contributed by atoms with Crippen molar-refractivity contribution in [3.05, 3.63) is 78.2 Å². The summed E-state index contributed by atoms with van der Waals surface area (Å²) in [5, 5.41) is 0.170. The van der Waals surface area contributed by atoms with Gasteiger partial charge < -0.3 is 9.47 Å². The Morgan fingerprint density at radius 3 is 2.57 bits per heavy atom. The molecule has 1 N–H and O–H groups in total. The fourth-order valence-electron chi connectivity index (χ4n) is 4.23. The van der Waals surface area contributed by atoms with Crippen LogP contribution in [0.5, 0.6) is 5.75 Å². The van der Waals surface area contributed by atoms with Gasteiger partial charge in [0.25, 0.3) is 15.9 Å². The lowest BCUT2D eigenvalue weighted by Gasteiger charge is -2.29. The first-order chi connectivity index (χ1) is 17.8. The molecule has 4 aromatic rings. The highest BCUT2D eigenvalue weighted by atomic mass is 32.2. The van der Waals surface area contributed by atoms with Crippen molar-refractivity contribution in [2.24, 2.45) is 0 Å². The minimum absolute atomic E-state index is 0.0413. The van der Waals surface area contributed by atoms with Gasteiger partial charge in [0.2, 0.25) is 5.03 Å². The summed E-state index contributed by atoms with van der Waals surface area (Å²) >= 11 is 0. The first kappa shape index (κ1) is 24.7. The van der Waals surface area contributed by atoms with Crippen molar-refractivity contribution in [1.82, 2.24) is 19.7 Å². The number of sulfonamides is 1. The van der Waals surface area contributed by atoms with E-state index in [-0.39, 0.29) is 43.2 Å². The lowest BCUT2D eigenvalue weighted by atomic mass is 9.92. The molecule has 1 aliphatic rings. The molecule has 5 rings (SSSR count). The Bertz CT molecular complexity index is 1570. The number of aromatic nitrogens is 3. The van der Waals surface area contributed by atoms with Crippen LogP contribution in [0.3, 0.4) is 0 Å². The van der Waals surface area contributed by atoms with Gasteiger partial charge in [-0.25, -0.2) is 19.1 Å². The summed E-state index contributed by atoms with van der Waals surface area (Å²) in [4.78, 5) is 25.7. The molecule has 0 atom stereocenters. The van der Waals surface area contributed by atoms with Crippen LogP contribution in [-0.4, -0.2) is 49.6 Å².